The lowest BCUT2D eigenvalue weighted by Crippen LogP contribution is -2.26. The van der Waals surface area contributed by atoms with E-state index in [1.165, 1.54) is 57.2 Å². The van der Waals surface area contributed by atoms with Crippen molar-refractivity contribution in [3.05, 3.63) is 41.0 Å². The molecule has 0 spiro atoms. The maximum absolute atomic E-state index is 14.7. The first-order valence-corrected chi connectivity index (χ1v) is 11.4. The minimum atomic E-state index is -4.77. The average molecular weight is 440 g/mol. The Labute approximate surface area is 180 Å². The molecule has 2 aromatic rings. The second-order valence-electron chi connectivity index (χ2n) is 9.35. The zero-order valence-electron chi connectivity index (χ0n) is 17.8. The fraction of sp³-hybridized carbons (Fsp3) is 0.600. The molecule has 2 aromatic carbocycles. The lowest BCUT2D eigenvalue weighted by Gasteiger charge is -2.35. The van der Waals surface area contributed by atoms with Gasteiger partial charge in [-0.1, -0.05) is 44.2 Å². The lowest BCUT2D eigenvalue weighted by molar-refractivity contribution is -0.136. The van der Waals surface area contributed by atoms with Gasteiger partial charge >= 0.3 is 6.18 Å². The van der Waals surface area contributed by atoms with Gasteiger partial charge in [0.2, 0.25) is 5.82 Å². The predicted octanol–water partition coefficient (Wildman–Crippen LogP) is 8.21. The van der Waals surface area contributed by atoms with Crippen LogP contribution in [0.25, 0.3) is 10.8 Å². The van der Waals surface area contributed by atoms with Crippen LogP contribution in [0.1, 0.15) is 68.9 Å². The van der Waals surface area contributed by atoms with Crippen LogP contribution in [0.4, 0.5) is 22.0 Å². The molecule has 6 heteroatoms. The van der Waals surface area contributed by atoms with Gasteiger partial charge < -0.3 is 4.74 Å². The molecule has 2 fully saturated rings. The highest BCUT2D eigenvalue weighted by Crippen LogP contribution is 2.42. The molecule has 2 saturated carbocycles. The van der Waals surface area contributed by atoms with Gasteiger partial charge in [-0.3, -0.25) is 0 Å². The number of ether oxygens (including phenoxy) is 1. The summed E-state index contributed by atoms with van der Waals surface area (Å²) < 4.78 is 75.2. The van der Waals surface area contributed by atoms with Gasteiger partial charge in [-0.05, 0) is 67.4 Å². The Kier molecular flexibility index (Phi) is 6.45. The summed E-state index contributed by atoms with van der Waals surface area (Å²) in [6.07, 6.45) is 6.16. The largest absolute Gasteiger partial charge is 0.490 e. The molecule has 0 heterocycles. The molecular formula is C25H29F5O. The zero-order valence-corrected chi connectivity index (χ0v) is 17.8. The van der Waals surface area contributed by atoms with E-state index in [4.69, 9.17) is 4.74 Å². The first-order valence-electron chi connectivity index (χ1n) is 11.4. The zero-order chi connectivity index (χ0) is 22.2. The van der Waals surface area contributed by atoms with E-state index in [1.807, 2.05) is 0 Å². The van der Waals surface area contributed by atoms with E-state index < -0.39 is 28.8 Å². The third-order valence-corrected chi connectivity index (χ3v) is 7.33. The molecule has 0 aliphatic heterocycles. The molecule has 1 nitrogen and oxygen atoms in total. The highest BCUT2D eigenvalue weighted by atomic mass is 19.4. The van der Waals surface area contributed by atoms with Crippen LogP contribution in [0.2, 0.25) is 0 Å². The molecule has 0 radical (unpaired) electrons. The molecule has 170 valence electrons. The molecule has 4 rings (SSSR count). The number of aryl methyl sites for hydroxylation is 1. The number of halogens is 5. The second kappa shape index (κ2) is 8.95. The van der Waals surface area contributed by atoms with E-state index in [2.05, 4.69) is 0 Å². The van der Waals surface area contributed by atoms with Crippen molar-refractivity contribution in [3.63, 3.8) is 0 Å². The average Bonchev–Trinajstić information content (AvgIpc) is 2.75. The molecule has 2 aliphatic rings. The number of benzene rings is 2. The topological polar surface area (TPSA) is 9.23 Å². The summed E-state index contributed by atoms with van der Waals surface area (Å²) in [7, 11) is 0. The summed E-state index contributed by atoms with van der Waals surface area (Å²) in [6, 6.07) is 3.85. The maximum atomic E-state index is 14.7. The SMILES string of the molecule is Cc1ccc2cc(OCC3CCC(C4CCCCC4)CC3)c(F)c(F)c2c1C(F)(F)F. The highest BCUT2D eigenvalue weighted by Gasteiger charge is 2.36. The fourth-order valence-electron chi connectivity index (χ4n) is 5.61. The summed E-state index contributed by atoms with van der Waals surface area (Å²) in [5.41, 5.74) is -1.27. The van der Waals surface area contributed by atoms with Crippen LogP contribution in [0, 0.1) is 36.3 Å². The summed E-state index contributed by atoms with van der Waals surface area (Å²) in [5.74, 6) is -1.30. The number of fused-ring (bicyclic) bond motifs is 1. The number of hydrogen-bond donors (Lipinski definition) is 0. The first-order chi connectivity index (χ1) is 14.8. The van der Waals surface area contributed by atoms with Gasteiger partial charge in [0.15, 0.2) is 11.6 Å². The third-order valence-electron chi connectivity index (χ3n) is 7.33. The molecule has 2 aliphatic carbocycles. The number of alkyl halides is 3. The van der Waals surface area contributed by atoms with Crippen molar-refractivity contribution in [2.24, 2.45) is 17.8 Å². The molecule has 0 unspecified atom stereocenters. The minimum absolute atomic E-state index is 0.00664. The van der Waals surface area contributed by atoms with Crippen molar-refractivity contribution in [1.82, 2.24) is 0 Å². The van der Waals surface area contributed by atoms with Gasteiger partial charge in [0.25, 0.3) is 0 Å². The van der Waals surface area contributed by atoms with Crippen LogP contribution in [0.5, 0.6) is 5.75 Å². The Morgan fingerprint density at radius 2 is 1.52 bits per heavy atom. The summed E-state index contributed by atoms with van der Waals surface area (Å²) in [4.78, 5) is 0. The molecule has 0 saturated heterocycles. The van der Waals surface area contributed by atoms with Gasteiger partial charge in [-0.25, -0.2) is 4.39 Å². The Bertz CT molecular complexity index is 922. The van der Waals surface area contributed by atoms with Crippen LogP contribution < -0.4 is 4.74 Å². The van der Waals surface area contributed by atoms with Gasteiger partial charge in [0, 0.05) is 5.39 Å². The van der Waals surface area contributed by atoms with Crippen LogP contribution in [0.15, 0.2) is 18.2 Å². The van der Waals surface area contributed by atoms with Crippen molar-refractivity contribution < 1.29 is 26.7 Å². The third kappa shape index (κ3) is 4.68. The van der Waals surface area contributed by atoms with E-state index in [1.54, 1.807) is 0 Å². The van der Waals surface area contributed by atoms with Gasteiger partial charge in [0.1, 0.15) is 0 Å². The van der Waals surface area contributed by atoms with E-state index in [0.717, 1.165) is 37.5 Å². The second-order valence-corrected chi connectivity index (χ2v) is 9.35. The highest BCUT2D eigenvalue weighted by molar-refractivity contribution is 5.89. The number of rotatable bonds is 4. The van der Waals surface area contributed by atoms with Crippen LogP contribution in [-0.4, -0.2) is 6.61 Å². The van der Waals surface area contributed by atoms with E-state index >= 15 is 0 Å². The van der Waals surface area contributed by atoms with Crippen molar-refractivity contribution in [1.29, 1.82) is 0 Å². The molecule has 0 amide bonds. The Balaban J connectivity index is 1.46. The summed E-state index contributed by atoms with van der Waals surface area (Å²) >= 11 is 0. The Morgan fingerprint density at radius 3 is 2.16 bits per heavy atom. The first kappa shape index (κ1) is 22.3. The monoisotopic (exact) mass is 440 g/mol. The van der Waals surface area contributed by atoms with Crippen molar-refractivity contribution in [2.75, 3.05) is 6.61 Å². The maximum Gasteiger partial charge on any atom is 0.417 e. The standard InChI is InChI=1S/C25H29F5O/c1-15-7-10-19-13-20(23(26)24(27)21(19)22(15)25(28,29)30)31-14-16-8-11-18(12-9-16)17-5-3-2-4-6-17/h7,10,13,16-18H,2-6,8-9,11-12,14H2,1H3. The molecule has 0 aromatic heterocycles. The van der Waals surface area contributed by atoms with Crippen molar-refractivity contribution >= 4 is 10.8 Å². The van der Waals surface area contributed by atoms with E-state index in [-0.39, 0.29) is 29.2 Å². The lowest BCUT2D eigenvalue weighted by atomic mass is 9.71. The quantitative estimate of drug-likeness (QED) is 0.435. The Morgan fingerprint density at radius 1 is 0.871 bits per heavy atom. The normalized spacial score (nSPS) is 23.3. The minimum Gasteiger partial charge on any atom is -0.490 e. The van der Waals surface area contributed by atoms with Gasteiger partial charge in [-0.2, -0.15) is 17.6 Å². The summed E-state index contributed by atoms with van der Waals surface area (Å²) in [6.45, 7) is 1.50. The van der Waals surface area contributed by atoms with Crippen LogP contribution >= 0.6 is 0 Å². The molecular weight excluding hydrogens is 411 g/mol. The van der Waals surface area contributed by atoms with Crippen LogP contribution in [-0.2, 0) is 6.18 Å². The van der Waals surface area contributed by atoms with Gasteiger partial charge in [-0.15, -0.1) is 0 Å². The van der Waals surface area contributed by atoms with Crippen LogP contribution in [0.3, 0.4) is 0 Å². The molecule has 0 N–H and O–H groups in total. The number of hydrogen-bond acceptors (Lipinski definition) is 1. The van der Waals surface area contributed by atoms with Crippen molar-refractivity contribution in [2.45, 2.75) is 70.9 Å². The Hall–Kier alpha value is -1.85. The van der Waals surface area contributed by atoms with E-state index in [9.17, 15) is 22.0 Å². The van der Waals surface area contributed by atoms with E-state index in [0.29, 0.717) is 0 Å². The van der Waals surface area contributed by atoms with Gasteiger partial charge in [0.05, 0.1) is 12.2 Å². The molecule has 31 heavy (non-hydrogen) atoms. The van der Waals surface area contributed by atoms with Crippen molar-refractivity contribution in [3.8, 4) is 5.75 Å². The summed E-state index contributed by atoms with van der Waals surface area (Å²) in [5, 5.41) is -0.738. The smallest absolute Gasteiger partial charge is 0.417 e. The predicted molar refractivity (Wildman–Crippen MR) is 111 cm³/mol. The fourth-order valence-corrected chi connectivity index (χ4v) is 5.61. The molecule has 0 bridgehead atoms. The molecule has 0 atom stereocenters.